The van der Waals surface area contributed by atoms with Gasteiger partial charge >= 0.3 is 5.97 Å². The van der Waals surface area contributed by atoms with Gasteiger partial charge < -0.3 is 14.6 Å². The topological polar surface area (TPSA) is 55.8 Å². The van der Waals surface area contributed by atoms with Gasteiger partial charge in [-0.2, -0.15) is 0 Å². The molecule has 21 heavy (non-hydrogen) atoms. The summed E-state index contributed by atoms with van der Waals surface area (Å²) in [6.45, 7) is 0.225. The fourth-order valence-electron chi connectivity index (χ4n) is 3.34. The van der Waals surface area contributed by atoms with Crippen molar-refractivity contribution in [3.05, 3.63) is 59.2 Å². The molecule has 2 aromatic carbocycles. The first-order chi connectivity index (χ1) is 10.2. The molecule has 0 aromatic heterocycles. The molecule has 2 unspecified atom stereocenters. The lowest BCUT2D eigenvalue weighted by Gasteiger charge is -2.18. The average molecular weight is 282 g/mol. The van der Waals surface area contributed by atoms with Crippen molar-refractivity contribution in [1.82, 2.24) is 0 Å². The summed E-state index contributed by atoms with van der Waals surface area (Å²) < 4.78 is 10.7. The van der Waals surface area contributed by atoms with Crippen molar-refractivity contribution in [2.45, 2.75) is 12.3 Å². The number of fused-ring (bicyclic) bond motifs is 2. The van der Waals surface area contributed by atoms with Crippen molar-refractivity contribution in [1.29, 1.82) is 0 Å². The molecule has 1 aliphatic heterocycles. The molecule has 0 saturated heterocycles. The summed E-state index contributed by atoms with van der Waals surface area (Å²) in [5, 5.41) is 9.55. The first-order valence-corrected chi connectivity index (χ1v) is 6.94. The summed E-state index contributed by atoms with van der Waals surface area (Å²) in [5.74, 6) is 0.0998. The molecule has 0 radical (unpaired) electrons. The van der Waals surface area contributed by atoms with Crippen LogP contribution in [0.25, 0.3) is 0 Å². The van der Waals surface area contributed by atoms with Gasteiger partial charge in [0.1, 0.15) is 0 Å². The van der Waals surface area contributed by atoms with Crippen molar-refractivity contribution in [2.75, 3.05) is 6.79 Å². The Kier molecular flexibility index (Phi) is 2.64. The van der Waals surface area contributed by atoms with Crippen LogP contribution >= 0.6 is 0 Å². The van der Waals surface area contributed by atoms with Gasteiger partial charge in [0.15, 0.2) is 11.5 Å². The molecule has 0 amide bonds. The normalized spacial score (nSPS) is 22.1. The van der Waals surface area contributed by atoms with E-state index in [0.717, 1.165) is 22.4 Å². The van der Waals surface area contributed by atoms with Gasteiger partial charge in [0.05, 0.1) is 5.92 Å². The second-order valence-corrected chi connectivity index (χ2v) is 5.44. The van der Waals surface area contributed by atoms with Crippen LogP contribution in [0.2, 0.25) is 0 Å². The van der Waals surface area contributed by atoms with E-state index in [1.54, 1.807) is 0 Å². The number of benzene rings is 2. The highest BCUT2D eigenvalue weighted by atomic mass is 16.7. The monoisotopic (exact) mass is 282 g/mol. The van der Waals surface area contributed by atoms with Gasteiger partial charge in [-0.15, -0.1) is 0 Å². The predicted octanol–water partition coefficient (Wildman–Crippen LogP) is 2.80. The number of rotatable bonds is 2. The number of aliphatic carboxylic acids is 1. The molecule has 0 bridgehead atoms. The zero-order chi connectivity index (χ0) is 14.4. The summed E-state index contributed by atoms with van der Waals surface area (Å²) in [6.07, 6.45) is 0.574. The molecule has 2 aromatic rings. The molecule has 0 spiro atoms. The SMILES string of the molecule is O=C(O)C1Cc2ccccc2C1c1ccc2c(c1)OCO2. The Morgan fingerprint density at radius 1 is 1.10 bits per heavy atom. The number of hydrogen-bond donors (Lipinski definition) is 1. The molecule has 1 heterocycles. The van der Waals surface area contributed by atoms with E-state index in [9.17, 15) is 9.90 Å². The molecule has 0 saturated carbocycles. The van der Waals surface area contributed by atoms with Gasteiger partial charge in [-0.1, -0.05) is 30.3 Å². The lowest BCUT2D eigenvalue weighted by atomic mass is 9.86. The van der Waals surface area contributed by atoms with Crippen molar-refractivity contribution >= 4 is 5.97 Å². The van der Waals surface area contributed by atoms with E-state index in [2.05, 4.69) is 0 Å². The molecule has 2 aliphatic rings. The Morgan fingerprint density at radius 2 is 1.90 bits per heavy atom. The molecule has 4 heteroatoms. The molecule has 1 N–H and O–H groups in total. The minimum Gasteiger partial charge on any atom is -0.481 e. The molecular weight excluding hydrogens is 268 g/mol. The summed E-state index contributed by atoms with van der Waals surface area (Å²) in [6, 6.07) is 13.7. The molecular formula is C17H14O4. The third-order valence-electron chi connectivity index (χ3n) is 4.31. The highest BCUT2D eigenvalue weighted by Crippen LogP contribution is 2.45. The molecule has 2 atom stereocenters. The first kappa shape index (κ1) is 12.3. The zero-order valence-electron chi connectivity index (χ0n) is 11.3. The zero-order valence-corrected chi connectivity index (χ0v) is 11.3. The standard InChI is InChI=1S/C17H14O4/c18-17(19)13-7-10-3-1-2-4-12(10)16(13)11-5-6-14-15(8-11)21-9-20-14/h1-6,8,13,16H,7,9H2,(H,18,19). The summed E-state index contributed by atoms with van der Waals surface area (Å²) >= 11 is 0. The second-order valence-electron chi connectivity index (χ2n) is 5.44. The van der Waals surface area contributed by atoms with E-state index in [-0.39, 0.29) is 12.7 Å². The summed E-state index contributed by atoms with van der Waals surface area (Å²) in [4.78, 5) is 11.6. The van der Waals surface area contributed by atoms with Gasteiger partial charge in [-0.25, -0.2) is 0 Å². The van der Waals surface area contributed by atoms with E-state index in [1.807, 2.05) is 42.5 Å². The van der Waals surface area contributed by atoms with Gasteiger partial charge in [-0.3, -0.25) is 4.79 Å². The number of hydrogen-bond acceptors (Lipinski definition) is 3. The Balaban J connectivity index is 1.82. The third kappa shape index (κ3) is 1.87. The fourth-order valence-corrected chi connectivity index (χ4v) is 3.34. The Labute approximate surface area is 121 Å². The van der Waals surface area contributed by atoms with Crippen molar-refractivity contribution in [3.63, 3.8) is 0 Å². The van der Waals surface area contributed by atoms with Gasteiger partial charge in [0.25, 0.3) is 0 Å². The lowest BCUT2D eigenvalue weighted by molar-refractivity contribution is -0.141. The lowest BCUT2D eigenvalue weighted by Crippen LogP contribution is -2.19. The van der Waals surface area contributed by atoms with E-state index in [0.29, 0.717) is 12.2 Å². The third-order valence-corrected chi connectivity index (χ3v) is 4.31. The van der Waals surface area contributed by atoms with E-state index in [1.165, 1.54) is 0 Å². The number of carboxylic acids is 1. The van der Waals surface area contributed by atoms with Gasteiger partial charge in [-0.05, 0) is 35.2 Å². The van der Waals surface area contributed by atoms with Crippen LogP contribution in [0.4, 0.5) is 0 Å². The number of carboxylic acid groups (broad SMARTS) is 1. The van der Waals surface area contributed by atoms with E-state index < -0.39 is 11.9 Å². The molecule has 4 rings (SSSR count). The quantitative estimate of drug-likeness (QED) is 0.920. The largest absolute Gasteiger partial charge is 0.481 e. The Hall–Kier alpha value is -2.49. The van der Waals surface area contributed by atoms with Crippen LogP contribution in [0.3, 0.4) is 0 Å². The minimum absolute atomic E-state index is 0.131. The molecule has 1 aliphatic carbocycles. The second kappa shape index (κ2) is 4.52. The van der Waals surface area contributed by atoms with Crippen molar-refractivity contribution in [2.24, 2.45) is 5.92 Å². The van der Waals surface area contributed by atoms with Gasteiger partial charge in [0, 0.05) is 5.92 Å². The predicted molar refractivity (Wildman–Crippen MR) is 75.7 cm³/mol. The van der Waals surface area contributed by atoms with Crippen molar-refractivity contribution in [3.8, 4) is 11.5 Å². The van der Waals surface area contributed by atoms with Crippen LogP contribution in [0, 0.1) is 5.92 Å². The average Bonchev–Trinajstić information content (AvgIpc) is 3.10. The maximum Gasteiger partial charge on any atom is 0.307 e. The maximum atomic E-state index is 11.6. The smallest absolute Gasteiger partial charge is 0.307 e. The number of ether oxygens (including phenoxy) is 2. The fraction of sp³-hybridized carbons (Fsp3) is 0.235. The minimum atomic E-state index is -0.756. The van der Waals surface area contributed by atoms with Crippen LogP contribution in [0.15, 0.2) is 42.5 Å². The number of carbonyl (C=O) groups is 1. The van der Waals surface area contributed by atoms with E-state index >= 15 is 0 Å². The molecule has 0 fully saturated rings. The van der Waals surface area contributed by atoms with Crippen LogP contribution in [0.5, 0.6) is 11.5 Å². The van der Waals surface area contributed by atoms with Crippen LogP contribution < -0.4 is 9.47 Å². The Bertz CT molecular complexity index is 722. The van der Waals surface area contributed by atoms with Gasteiger partial charge in [0.2, 0.25) is 6.79 Å². The highest BCUT2D eigenvalue weighted by molar-refractivity contribution is 5.75. The molecule has 106 valence electrons. The maximum absolute atomic E-state index is 11.6. The molecule has 4 nitrogen and oxygen atoms in total. The summed E-state index contributed by atoms with van der Waals surface area (Å²) in [5.41, 5.74) is 3.19. The van der Waals surface area contributed by atoms with Crippen molar-refractivity contribution < 1.29 is 19.4 Å². The van der Waals surface area contributed by atoms with Crippen LogP contribution in [-0.4, -0.2) is 17.9 Å². The van der Waals surface area contributed by atoms with Crippen LogP contribution in [-0.2, 0) is 11.2 Å². The summed E-state index contributed by atoms with van der Waals surface area (Å²) in [7, 11) is 0. The highest BCUT2D eigenvalue weighted by Gasteiger charge is 2.38. The van der Waals surface area contributed by atoms with Crippen LogP contribution in [0.1, 0.15) is 22.6 Å². The Morgan fingerprint density at radius 3 is 2.76 bits per heavy atom. The van der Waals surface area contributed by atoms with E-state index in [4.69, 9.17) is 9.47 Å². The first-order valence-electron chi connectivity index (χ1n) is 6.94.